The van der Waals surface area contributed by atoms with Crippen molar-refractivity contribution < 1.29 is 9.31 Å². The van der Waals surface area contributed by atoms with E-state index >= 15 is 0 Å². The summed E-state index contributed by atoms with van der Waals surface area (Å²) in [6, 6.07) is 33.9. The number of para-hydroxylation sites is 1. The van der Waals surface area contributed by atoms with Crippen LogP contribution < -0.4 is 5.46 Å². The third-order valence-electron chi connectivity index (χ3n) is 7.50. The maximum Gasteiger partial charge on any atom is 0.494 e. The average Bonchev–Trinajstić information content (AvgIpc) is 3.10. The molecule has 172 valence electrons. The summed E-state index contributed by atoms with van der Waals surface area (Å²) in [7, 11) is -0.411. The van der Waals surface area contributed by atoms with Crippen LogP contribution in [0, 0.1) is 0 Å². The highest BCUT2D eigenvalue weighted by Crippen LogP contribution is 2.39. The van der Waals surface area contributed by atoms with Gasteiger partial charge in [-0.25, -0.2) is 4.98 Å². The molecule has 0 amide bonds. The highest BCUT2D eigenvalue weighted by atomic mass is 16.7. The summed E-state index contributed by atoms with van der Waals surface area (Å²) >= 11 is 0. The van der Waals surface area contributed by atoms with Crippen molar-refractivity contribution in [2.45, 2.75) is 38.9 Å². The number of hydrogen-bond acceptors (Lipinski definition) is 3. The molecule has 1 aliphatic rings. The summed E-state index contributed by atoms with van der Waals surface area (Å²) < 4.78 is 12.7. The molecular weight excluding hydrogens is 429 g/mol. The van der Waals surface area contributed by atoms with Gasteiger partial charge in [-0.05, 0) is 50.4 Å². The molecule has 0 bridgehead atoms. The van der Waals surface area contributed by atoms with Gasteiger partial charge in [0.15, 0.2) is 0 Å². The van der Waals surface area contributed by atoms with Gasteiger partial charge in [-0.2, -0.15) is 0 Å². The Hall–Kier alpha value is -3.47. The van der Waals surface area contributed by atoms with Crippen molar-refractivity contribution >= 4 is 34.3 Å². The van der Waals surface area contributed by atoms with Crippen LogP contribution in [-0.2, 0) is 9.31 Å². The molecule has 0 spiro atoms. The van der Waals surface area contributed by atoms with Gasteiger partial charge in [0.25, 0.3) is 0 Å². The van der Waals surface area contributed by atoms with E-state index in [1.54, 1.807) is 0 Å². The smallest absolute Gasteiger partial charge is 0.399 e. The molecular formula is C31H28BNO2. The predicted octanol–water partition coefficient (Wildman–Crippen LogP) is 7.02. The van der Waals surface area contributed by atoms with Gasteiger partial charge in [-0.1, -0.05) is 91.0 Å². The predicted molar refractivity (Wildman–Crippen MR) is 146 cm³/mol. The number of aromatic nitrogens is 1. The van der Waals surface area contributed by atoms with Crippen LogP contribution in [0.3, 0.4) is 0 Å². The molecule has 4 heteroatoms. The van der Waals surface area contributed by atoms with Crippen molar-refractivity contribution in [3.63, 3.8) is 0 Å². The SMILES string of the molecule is CC1(C)OB(c2cccc(-c3nc4ccccc4c4c(-c5ccccc5)cccc34)c2)OC1(C)C. The van der Waals surface area contributed by atoms with E-state index in [-0.39, 0.29) is 11.2 Å². The minimum atomic E-state index is -0.411. The molecule has 1 aliphatic heterocycles. The molecule has 1 fully saturated rings. The maximum absolute atomic E-state index is 6.33. The first-order chi connectivity index (χ1) is 16.8. The highest BCUT2D eigenvalue weighted by molar-refractivity contribution is 6.62. The second kappa shape index (κ2) is 8.05. The number of hydrogen-bond donors (Lipinski definition) is 0. The van der Waals surface area contributed by atoms with Crippen LogP contribution in [0.2, 0.25) is 0 Å². The lowest BCUT2D eigenvalue weighted by molar-refractivity contribution is 0.00578. The molecule has 0 radical (unpaired) electrons. The van der Waals surface area contributed by atoms with Crippen molar-refractivity contribution in [3.8, 4) is 22.4 Å². The minimum absolute atomic E-state index is 0.383. The Morgan fingerprint density at radius 2 is 1.26 bits per heavy atom. The Kier molecular flexibility index (Phi) is 5.06. The zero-order chi connectivity index (χ0) is 24.2. The first kappa shape index (κ1) is 22.0. The van der Waals surface area contributed by atoms with E-state index in [0.717, 1.165) is 33.0 Å². The van der Waals surface area contributed by atoms with Crippen LogP contribution in [0.1, 0.15) is 27.7 Å². The van der Waals surface area contributed by atoms with E-state index in [0.29, 0.717) is 0 Å². The molecule has 1 aromatic heterocycles. The van der Waals surface area contributed by atoms with E-state index in [2.05, 4.69) is 125 Å². The monoisotopic (exact) mass is 457 g/mol. The fourth-order valence-corrected chi connectivity index (χ4v) is 4.89. The first-order valence-electron chi connectivity index (χ1n) is 12.2. The van der Waals surface area contributed by atoms with E-state index < -0.39 is 7.12 Å². The quantitative estimate of drug-likeness (QED) is 0.216. The van der Waals surface area contributed by atoms with E-state index in [1.165, 1.54) is 16.5 Å². The molecule has 0 unspecified atom stereocenters. The minimum Gasteiger partial charge on any atom is -0.399 e. The van der Waals surface area contributed by atoms with Crippen LogP contribution in [0.15, 0.2) is 97.1 Å². The Bertz CT molecular complexity index is 1540. The number of fused-ring (bicyclic) bond motifs is 3. The molecule has 35 heavy (non-hydrogen) atoms. The zero-order valence-corrected chi connectivity index (χ0v) is 20.6. The second-order valence-electron chi connectivity index (χ2n) is 10.3. The van der Waals surface area contributed by atoms with Gasteiger partial charge >= 0.3 is 7.12 Å². The number of nitrogens with zero attached hydrogens (tertiary/aromatic N) is 1. The third-order valence-corrected chi connectivity index (χ3v) is 7.50. The summed E-state index contributed by atoms with van der Waals surface area (Å²) in [5.74, 6) is 0. The summed E-state index contributed by atoms with van der Waals surface area (Å²) in [5.41, 5.74) is 5.66. The highest BCUT2D eigenvalue weighted by Gasteiger charge is 2.51. The molecule has 0 atom stereocenters. The molecule has 3 nitrogen and oxygen atoms in total. The van der Waals surface area contributed by atoms with Crippen LogP contribution in [-0.4, -0.2) is 23.3 Å². The molecule has 0 saturated carbocycles. The van der Waals surface area contributed by atoms with Gasteiger partial charge in [0.2, 0.25) is 0 Å². The lowest BCUT2D eigenvalue weighted by atomic mass is 9.78. The Balaban J connectivity index is 1.57. The van der Waals surface area contributed by atoms with Gasteiger partial charge in [0, 0.05) is 21.7 Å². The Morgan fingerprint density at radius 3 is 2.03 bits per heavy atom. The molecule has 1 saturated heterocycles. The molecule has 2 heterocycles. The first-order valence-corrected chi connectivity index (χ1v) is 12.2. The number of rotatable bonds is 3. The van der Waals surface area contributed by atoms with Crippen molar-refractivity contribution in [1.29, 1.82) is 0 Å². The summed E-state index contributed by atoms with van der Waals surface area (Å²) in [6.45, 7) is 8.33. The van der Waals surface area contributed by atoms with E-state index in [1.807, 2.05) is 0 Å². The standard InChI is InChI=1S/C31H28BNO2/c1-30(2)31(3,4)35-32(34-30)23-15-10-14-22(20-23)29-26-18-11-17-24(21-12-6-5-7-13-21)28(26)25-16-8-9-19-27(25)33-29/h5-20H,1-4H3. The summed E-state index contributed by atoms with van der Waals surface area (Å²) in [6.07, 6.45) is 0. The summed E-state index contributed by atoms with van der Waals surface area (Å²) in [5, 5.41) is 3.52. The van der Waals surface area contributed by atoms with Gasteiger partial charge in [0.05, 0.1) is 22.4 Å². The fraction of sp³-hybridized carbons (Fsp3) is 0.194. The second-order valence-corrected chi connectivity index (χ2v) is 10.3. The lowest BCUT2D eigenvalue weighted by Gasteiger charge is -2.32. The Labute approximate surface area is 206 Å². The van der Waals surface area contributed by atoms with Crippen LogP contribution in [0.4, 0.5) is 0 Å². The molecule has 5 aromatic rings. The fourth-order valence-electron chi connectivity index (χ4n) is 4.89. The molecule has 4 aromatic carbocycles. The molecule has 0 N–H and O–H groups in total. The van der Waals surface area contributed by atoms with Crippen molar-refractivity contribution in [3.05, 3.63) is 97.1 Å². The van der Waals surface area contributed by atoms with E-state index in [9.17, 15) is 0 Å². The van der Waals surface area contributed by atoms with Gasteiger partial charge in [0.1, 0.15) is 0 Å². The van der Waals surface area contributed by atoms with E-state index in [4.69, 9.17) is 14.3 Å². The Morgan fingerprint density at radius 1 is 0.629 bits per heavy atom. The van der Waals surface area contributed by atoms with Gasteiger partial charge in [-0.15, -0.1) is 0 Å². The topological polar surface area (TPSA) is 31.4 Å². The van der Waals surface area contributed by atoms with Crippen molar-refractivity contribution in [1.82, 2.24) is 4.98 Å². The molecule has 6 rings (SSSR count). The maximum atomic E-state index is 6.33. The van der Waals surface area contributed by atoms with Crippen LogP contribution >= 0.6 is 0 Å². The van der Waals surface area contributed by atoms with Crippen LogP contribution in [0.25, 0.3) is 44.1 Å². The van der Waals surface area contributed by atoms with Crippen molar-refractivity contribution in [2.75, 3.05) is 0 Å². The van der Waals surface area contributed by atoms with Crippen molar-refractivity contribution in [2.24, 2.45) is 0 Å². The average molecular weight is 457 g/mol. The lowest BCUT2D eigenvalue weighted by Crippen LogP contribution is -2.41. The zero-order valence-electron chi connectivity index (χ0n) is 20.6. The third kappa shape index (κ3) is 3.65. The largest absolute Gasteiger partial charge is 0.494 e. The normalized spacial score (nSPS) is 16.7. The summed E-state index contributed by atoms with van der Waals surface area (Å²) in [4.78, 5) is 5.15. The van der Waals surface area contributed by atoms with Crippen LogP contribution in [0.5, 0.6) is 0 Å². The number of pyridine rings is 1. The molecule has 0 aliphatic carbocycles. The van der Waals surface area contributed by atoms with Gasteiger partial charge in [-0.3, -0.25) is 0 Å². The van der Waals surface area contributed by atoms with Gasteiger partial charge < -0.3 is 9.31 Å². The number of benzene rings is 4.